The summed E-state index contributed by atoms with van der Waals surface area (Å²) >= 11 is 0. The van der Waals surface area contributed by atoms with Crippen molar-refractivity contribution in [2.75, 3.05) is 0 Å². The Kier molecular flexibility index (Phi) is 3.48. The third kappa shape index (κ3) is 2.22. The number of carbonyl (C=O) groups excluding carboxylic acids is 2. The van der Waals surface area contributed by atoms with Gasteiger partial charge in [0.1, 0.15) is 12.1 Å². The number of piperazine rings is 1. The average molecular weight is 280 g/mol. The number of nitrogens with one attached hydrogen (secondary N) is 1. The number of hydrogen-bond donors (Lipinski definition) is 1. The van der Waals surface area contributed by atoms with E-state index in [-0.39, 0.29) is 36.0 Å². The van der Waals surface area contributed by atoms with Gasteiger partial charge in [-0.1, -0.05) is 13.8 Å². The maximum Gasteiger partial charge on any atom is 0.246 e. The molecule has 0 spiro atoms. The molecule has 5 atom stereocenters. The minimum atomic E-state index is -0.376. The number of fused-ring (bicyclic) bond motifs is 2. The van der Waals surface area contributed by atoms with E-state index in [2.05, 4.69) is 19.2 Å². The molecule has 2 amide bonds. The summed E-state index contributed by atoms with van der Waals surface area (Å²) in [6.45, 7) is 5.97. The monoisotopic (exact) mass is 280 g/mol. The summed E-state index contributed by atoms with van der Waals surface area (Å²) in [5.41, 5.74) is 0. The van der Waals surface area contributed by atoms with E-state index in [0.717, 1.165) is 19.3 Å². The first-order chi connectivity index (χ1) is 9.47. The van der Waals surface area contributed by atoms with Crippen LogP contribution in [0.1, 0.15) is 46.5 Å². The number of carbonyl (C=O) groups is 2. The van der Waals surface area contributed by atoms with Crippen LogP contribution in [0.5, 0.6) is 0 Å². The molecule has 2 bridgehead atoms. The van der Waals surface area contributed by atoms with Crippen molar-refractivity contribution in [3.05, 3.63) is 0 Å². The second kappa shape index (κ2) is 5.02. The average Bonchev–Trinajstić information content (AvgIpc) is 2.98. The predicted octanol–water partition coefficient (Wildman–Crippen LogP) is 1.07. The zero-order valence-corrected chi connectivity index (χ0v) is 12.5. The van der Waals surface area contributed by atoms with Gasteiger partial charge in [-0.3, -0.25) is 9.59 Å². The van der Waals surface area contributed by atoms with Crippen molar-refractivity contribution < 1.29 is 14.3 Å². The lowest BCUT2D eigenvalue weighted by atomic mass is 9.90. The van der Waals surface area contributed by atoms with E-state index in [4.69, 9.17) is 4.74 Å². The van der Waals surface area contributed by atoms with Gasteiger partial charge in [-0.05, 0) is 38.5 Å². The number of rotatable bonds is 3. The molecule has 112 valence electrons. The van der Waals surface area contributed by atoms with Crippen molar-refractivity contribution in [3.63, 3.8) is 0 Å². The Morgan fingerprint density at radius 1 is 1.35 bits per heavy atom. The summed E-state index contributed by atoms with van der Waals surface area (Å²) in [4.78, 5) is 26.7. The van der Waals surface area contributed by atoms with Gasteiger partial charge in [-0.25, -0.2) is 0 Å². The van der Waals surface area contributed by atoms with Crippen LogP contribution in [-0.4, -0.2) is 47.0 Å². The highest BCUT2D eigenvalue weighted by Gasteiger charge is 2.50. The molecule has 0 aromatic rings. The van der Waals surface area contributed by atoms with Gasteiger partial charge in [0.05, 0.1) is 18.2 Å². The molecular formula is C15H24N2O3. The number of amides is 2. The van der Waals surface area contributed by atoms with Crippen LogP contribution in [0.3, 0.4) is 0 Å². The van der Waals surface area contributed by atoms with Crippen LogP contribution >= 0.6 is 0 Å². The Morgan fingerprint density at radius 3 is 2.65 bits per heavy atom. The molecule has 5 nitrogen and oxygen atoms in total. The fourth-order valence-corrected chi connectivity index (χ4v) is 3.84. The van der Waals surface area contributed by atoms with E-state index in [1.807, 2.05) is 11.8 Å². The Bertz CT molecular complexity index is 423. The topological polar surface area (TPSA) is 58.6 Å². The van der Waals surface area contributed by atoms with Crippen LogP contribution in [0.25, 0.3) is 0 Å². The number of nitrogens with zero attached hydrogens (tertiary/aromatic N) is 1. The molecule has 3 rings (SSSR count). The van der Waals surface area contributed by atoms with Crippen LogP contribution in [-0.2, 0) is 14.3 Å². The van der Waals surface area contributed by atoms with Gasteiger partial charge in [0.25, 0.3) is 0 Å². The zero-order chi connectivity index (χ0) is 14.4. The molecule has 0 aromatic carbocycles. The molecule has 0 saturated carbocycles. The number of hydrogen-bond acceptors (Lipinski definition) is 3. The highest BCUT2D eigenvalue weighted by molar-refractivity contribution is 5.97. The van der Waals surface area contributed by atoms with Gasteiger partial charge in [-0.2, -0.15) is 0 Å². The SMILES string of the molecule is CC(C)CC1NC(=O)C(C)N(C2CC3CCC2O3)C1=O. The quantitative estimate of drug-likeness (QED) is 0.841. The van der Waals surface area contributed by atoms with Crippen LogP contribution in [0, 0.1) is 5.92 Å². The van der Waals surface area contributed by atoms with Gasteiger partial charge in [-0.15, -0.1) is 0 Å². The van der Waals surface area contributed by atoms with Gasteiger partial charge >= 0.3 is 0 Å². The third-order valence-electron chi connectivity index (χ3n) is 4.80. The highest BCUT2D eigenvalue weighted by Crippen LogP contribution is 2.38. The molecule has 5 unspecified atom stereocenters. The maximum atomic E-state index is 12.7. The van der Waals surface area contributed by atoms with Crippen LogP contribution in [0.4, 0.5) is 0 Å². The first-order valence-corrected chi connectivity index (χ1v) is 7.75. The zero-order valence-electron chi connectivity index (χ0n) is 12.5. The largest absolute Gasteiger partial charge is 0.373 e. The summed E-state index contributed by atoms with van der Waals surface area (Å²) in [6, 6.07) is -0.645. The molecule has 3 saturated heterocycles. The van der Waals surface area contributed by atoms with E-state index in [1.54, 1.807) is 0 Å². The van der Waals surface area contributed by atoms with E-state index in [0.29, 0.717) is 18.4 Å². The minimum absolute atomic E-state index is 0.0296. The summed E-state index contributed by atoms with van der Waals surface area (Å²) in [5.74, 6) is 0.431. The first-order valence-electron chi connectivity index (χ1n) is 7.75. The standard InChI is InChI=1S/C15H24N2O3/c1-8(2)6-11-15(19)17(9(3)14(18)16-11)12-7-10-4-5-13(12)20-10/h8-13H,4-7H2,1-3H3,(H,16,18). The normalized spacial score (nSPS) is 40.6. The molecule has 20 heavy (non-hydrogen) atoms. The highest BCUT2D eigenvalue weighted by atomic mass is 16.5. The molecule has 1 N–H and O–H groups in total. The Morgan fingerprint density at radius 2 is 2.10 bits per heavy atom. The molecule has 3 fully saturated rings. The van der Waals surface area contributed by atoms with Gasteiger partial charge in [0.2, 0.25) is 11.8 Å². The lowest BCUT2D eigenvalue weighted by molar-refractivity contribution is -0.153. The second-order valence-corrected chi connectivity index (χ2v) is 6.79. The Labute approximate surface area is 120 Å². The van der Waals surface area contributed by atoms with Gasteiger partial charge in [0, 0.05) is 0 Å². The van der Waals surface area contributed by atoms with Crippen molar-refractivity contribution in [2.24, 2.45) is 5.92 Å². The van der Waals surface area contributed by atoms with Gasteiger partial charge < -0.3 is 15.0 Å². The number of ether oxygens (including phenoxy) is 1. The molecule has 3 aliphatic heterocycles. The van der Waals surface area contributed by atoms with E-state index >= 15 is 0 Å². The molecule has 3 heterocycles. The molecular weight excluding hydrogens is 256 g/mol. The Balaban J connectivity index is 1.80. The van der Waals surface area contributed by atoms with Crippen molar-refractivity contribution in [2.45, 2.75) is 76.8 Å². The second-order valence-electron chi connectivity index (χ2n) is 6.79. The first kappa shape index (κ1) is 13.9. The van der Waals surface area contributed by atoms with Crippen molar-refractivity contribution in [1.82, 2.24) is 10.2 Å². The summed E-state index contributed by atoms with van der Waals surface area (Å²) in [7, 11) is 0. The van der Waals surface area contributed by atoms with Crippen LogP contribution in [0.15, 0.2) is 0 Å². The fraction of sp³-hybridized carbons (Fsp3) is 0.867. The molecule has 5 heteroatoms. The van der Waals surface area contributed by atoms with E-state index < -0.39 is 0 Å². The molecule has 0 radical (unpaired) electrons. The van der Waals surface area contributed by atoms with Gasteiger partial charge in [0.15, 0.2) is 0 Å². The van der Waals surface area contributed by atoms with E-state index in [9.17, 15) is 9.59 Å². The summed E-state index contributed by atoms with van der Waals surface area (Å²) < 4.78 is 5.86. The van der Waals surface area contributed by atoms with Crippen molar-refractivity contribution >= 4 is 11.8 Å². The third-order valence-corrected chi connectivity index (χ3v) is 4.80. The summed E-state index contributed by atoms with van der Waals surface area (Å²) in [6.07, 6.45) is 4.13. The smallest absolute Gasteiger partial charge is 0.246 e. The van der Waals surface area contributed by atoms with Crippen LogP contribution in [0.2, 0.25) is 0 Å². The van der Waals surface area contributed by atoms with Crippen molar-refractivity contribution in [3.8, 4) is 0 Å². The molecule has 0 aromatic heterocycles. The lowest BCUT2D eigenvalue weighted by Crippen LogP contribution is -2.66. The minimum Gasteiger partial charge on any atom is -0.373 e. The van der Waals surface area contributed by atoms with E-state index in [1.165, 1.54) is 0 Å². The lowest BCUT2D eigenvalue weighted by Gasteiger charge is -2.43. The predicted molar refractivity (Wildman–Crippen MR) is 74.0 cm³/mol. The van der Waals surface area contributed by atoms with Crippen molar-refractivity contribution in [1.29, 1.82) is 0 Å². The molecule has 3 aliphatic rings. The fourth-order valence-electron chi connectivity index (χ4n) is 3.84. The van der Waals surface area contributed by atoms with Crippen LogP contribution < -0.4 is 5.32 Å². The summed E-state index contributed by atoms with van der Waals surface area (Å²) in [5, 5.41) is 2.87. The maximum absolute atomic E-state index is 12.7. The Hall–Kier alpha value is -1.10. The molecule has 0 aliphatic carbocycles.